The van der Waals surface area contributed by atoms with Gasteiger partial charge in [-0.05, 0) is 18.6 Å². The molecule has 1 aromatic carbocycles. The molecule has 2 aromatic rings. The van der Waals surface area contributed by atoms with E-state index in [0.29, 0.717) is 11.0 Å². The Hall–Kier alpha value is -1.68. The predicted molar refractivity (Wildman–Crippen MR) is 65.5 cm³/mol. The van der Waals surface area contributed by atoms with Crippen LogP contribution in [0.5, 0.6) is 0 Å². The van der Waals surface area contributed by atoms with Gasteiger partial charge in [-0.3, -0.25) is 0 Å². The Morgan fingerprint density at radius 1 is 1.24 bits per heavy atom. The van der Waals surface area contributed by atoms with Crippen molar-refractivity contribution in [3.63, 3.8) is 0 Å². The van der Waals surface area contributed by atoms with Crippen LogP contribution in [0.15, 0.2) is 36.7 Å². The highest BCUT2D eigenvalue weighted by Crippen LogP contribution is 2.24. The smallest absolute Gasteiger partial charge is 0.223 e. The summed E-state index contributed by atoms with van der Waals surface area (Å²) in [6.45, 7) is 1.94. The molecule has 2 rings (SSSR count). The van der Waals surface area contributed by atoms with Crippen molar-refractivity contribution < 1.29 is 4.39 Å². The van der Waals surface area contributed by atoms with Crippen LogP contribution in [0, 0.1) is 5.82 Å². The first-order valence-electron chi connectivity index (χ1n) is 5.15. The zero-order valence-corrected chi connectivity index (χ0v) is 9.95. The van der Waals surface area contributed by atoms with Gasteiger partial charge in [-0.25, -0.2) is 14.4 Å². The van der Waals surface area contributed by atoms with Crippen LogP contribution in [0.2, 0.25) is 5.02 Å². The van der Waals surface area contributed by atoms with Gasteiger partial charge in [0.15, 0.2) is 5.82 Å². The van der Waals surface area contributed by atoms with Crippen LogP contribution >= 0.6 is 11.6 Å². The third-order valence-electron chi connectivity index (χ3n) is 2.34. The number of nitrogens with zero attached hydrogens (tertiary/aromatic N) is 2. The van der Waals surface area contributed by atoms with Crippen molar-refractivity contribution in [2.45, 2.75) is 13.0 Å². The van der Waals surface area contributed by atoms with E-state index in [1.807, 2.05) is 31.2 Å². The van der Waals surface area contributed by atoms with Gasteiger partial charge in [0.2, 0.25) is 5.95 Å². The first-order chi connectivity index (χ1) is 8.16. The first-order valence-corrected chi connectivity index (χ1v) is 5.53. The lowest BCUT2D eigenvalue weighted by atomic mass is 10.1. The van der Waals surface area contributed by atoms with E-state index >= 15 is 0 Å². The van der Waals surface area contributed by atoms with Crippen LogP contribution in [-0.4, -0.2) is 9.97 Å². The second kappa shape index (κ2) is 5.10. The summed E-state index contributed by atoms with van der Waals surface area (Å²) < 4.78 is 12.6. The summed E-state index contributed by atoms with van der Waals surface area (Å²) in [7, 11) is 0. The van der Waals surface area contributed by atoms with Gasteiger partial charge in [0.05, 0.1) is 18.4 Å². The molecule has 1 aromatic heterocycles. The SMILES string of the molecule is CC(Nc1ncc(F)cn1)c1ccccc1Cl. The monoisotopic (exact) mass is 251 g/mol. The van der Waals surface area contributed by atoms with Gasteiger partial charge >= 0.3 is 0 Å². The van der Waals surface area contributed by atoms with Crippen molar-refractivity contribution in [3.8, 4) is 0 Å². The summed E-state index contributed by atoms with van der Waals surface area (Å²) in [6, 6.07) is 7.47. The molecule has 1 heterocycles. The molecule has 88 valence electrons. The second-order valence-electron chi connectivity index (χ2n) is 3.61. The van der Waals surface area contributed by atoms with Crippen LogP contribution in [-0.2, 0) is 0 Å². The van der Waals surface area contributed by atoms with Gasteiger partial charge in [0, 0.05) is 5.02 Å². The quantitative estimate of drug-likeness (QED) is 0.908. The molecule has 0 fully saturated rings. The molecule has 0 spiro atoms. The van der Waals surface area contributed by atoms with Crippen LogP contribution in [0.1, 0.15) is 18.5 Å². The van der Waals surface area contributed by atoms with Crippen LogP contribution < -0.4 is 5.32 Å². The summed E-state index contributed by atoms with van der Waals surface area (Å²) in [5, 5.41) is 3.73. The van der Waals surface area contributed by atoms with Crippen LogP contribution in [0.25, 0.3) is 0 Å². The number of rotatable bonds is 3. The molecule has 0 bridgehead atoms. The molecule has 0 saturated heterocycles. The molecular formula is C12H11ClFN3. The van der Waals surface area contributed by atoms with Crippen molar-refractivity contribution in [2.24, 2.45) is 0 Å². The Morgan fingerprint density at radius 3 is 2.53 bits per heavy atom. The molecular weight excluding hydrogens is 241 g/mol. The first kappa shape index (κ1) is 11.8. The largest absolute Gasteiger partial charge is 0.348 e. The lowest BCUT2D eigenvalue weighted by molar-refractivity contribution is 0.613. The standard InChI is InChI=1S/C12H11ClFN3/c1-8(10-4-2-3-5-11(10)13)17-12-15-6-9(14)7-16-12/h2-8H,1H3,(H,15,16,17). The molecule has 1 N–H and O–H groups in total. The van der Waals surface area contributed by atoms with Crippen molar-refractivity contribution in [2.75, 3.05) is 5.32 Å². The molecule has 0 aliphatic rings. The molecule has 1 atom stereocenters. The molecule has 0 aliphatic heterocycles. The molecule has 0 aliphatic carbocycles. The zero-order chi connectivity index (χ0) is 12.3. The Bertz CT molecular complexity index is 501. The van der Waals surface area contributed by atoms with Gasteiger partial charge in [0.25, 0.3) is 0 Å². The number of hydrogen-bond acceptors (Lipinski definition) is 3. The van der Waals surface area contributed by atoms with E-state index in [1.165, 1.54) is 0 Å². The minimum absolute atomic E-state index is 0.0471. The summed E-state index contributed by atoms with van der Waals surface area (Å²) >= 11 is 6.07. The molecule has 0 saturated carbocycles. The van der Waals surface area contributed by atoms with Crippen molar-refractivity contribution >= 4 is 17.5 Å². The zero-order valence-electron chi connectivity index (χ0n) is 9.19. The van der Waals surface area contributed by atoms with E-state index in [1.54, 1.807) is 0 Å². The molecule has 0 radical (unpaired) electrons. The topological polar surface area (TPSA) is 37.8 Å². The van der Waals surface area contributed by atoms with Gasteiger partial charge in [0.1, 0.15) is 0 Å². The average molecular weight is 252 g/mol. The van der Waals surface area contributed by atoms with Crippen molar-refractivity contribution in [1.82, 2.24) is 9.97 Å². The normalized spacial score (nSPS) is 12.2. The number of benzene rings is 1. The Labute approximate surface area is 104 Å². The van der Waals surface area contributed by atoms with E-state index in [2.05, 4.69) is 15.3 Å². The number of halogens is 2. The average Bonchev–Trinajstić information content (AvgIpc) is 2.32. The Morgan fingerprint density at radius 2 is 1.88 bits per heavy atom. The highest BCUT2D eigenvalue weighted by atomic mass is 35.5. The van der Waals surface area contributed by atoms with E-state index in [4.69, 9.17) is 11.6 Å². The van der Waals surface area contributed by atoms with Crippen LogP contribution in [0.3, 0.4) is 0 Å². The Balaban J connectivity index is 2.14. The van der Waals surface area contributed by atoms with Gasteiger partial charge in [-0.1, -0.05) is 29.8 Å². The van der Waals surface area contributed by atoms with Crippen molar-refractivity contribution in [1.29, 1.82) is 0 Å². The third kappa shape index (κ3) is 2.91. The van der Waals surface area contributed by atoms with E-state index in [-0.39, 0.29) is 6.04 Å². The maximum atomic E-state index is 12.6. The molecule has 5 heteroatoms. The minimum Gasteiger partial charge on any atom is -0.348 e. The summed E-state index contributed by atoms with van der Waals surface area (Å²) in [4.78, 5) is 7.67. The molecule has 1 unspecified atom stereocenters. The molecule has 3 nitrogen and oxygen atoms in total. The predicted octanol–water partition coefficient (Wildman–Crippen LogP) is 3.44. The lowest BCUT2D eigenvalue weighted by Crippen LogP contribution is -2.09. The van der Waals surface area contributed by atoms with Gasteiger partial charge in [-0.2, -0.15) is 0 Å². The number of nitrogens with one attached hydrogen (secondary N) is 1. The number of hydrogen-bond donors (Lipinski definition) is 1. The fraction of sp³-hybridized carbons (Fsp3) is 0.167. The van der Waals surface area contributed by atoms with E-state index < -0.39 is 5.82 Å². The van der Waals surface area contributed by atoms with E-state index in [0.717, 1.165) is 18.0 Å². The fourth-order valence-electron chi connectivity index (χ4n) is 1.48. The minimum atomic E-state index is -0.457. The Kier molecular flexibility index (Phi) is 3.54. The molecule has 0 amide bonds. The third-order valence-corrected chi connectivity index (χ3v) is 2.68. The summed E-state index contributed by atoms with van der Waals surface area (Å²) in [5.74, 6) is -0.0835. The number of aromatic nitrogens is 2. The van der Waals surface area contributed by atoms with Crippen molar-refractivity contribution in [3.05, 3.63) is 53.1 Å². The highest BCUT2D eigenvalue weighted by Gasteiger charge is 2.09. The second-order valence-corrected chi connectivity index (χ2v) is 4.02. The maximum absolute atomic E-state index is 12.6. The van der Waals surface area contributed by atoms with E-state index in [9.17, 15) is 4.39 Å². The highest BCUT2D eigenvalue weighted by molar-refractivity contribution is 6.31. The lowest BCUT2D eigenvalue weighted by Gasteiger charge is -2.15. The summed E-state index contributed by atoms with van der Waals surface area (Å²) in [5.41, 5.74) is 0.946. The van der Waals surface area contributed by atoms with Gasteiger partial charge < -0.3 is 5.32 Å². The summed E-state index contributed by atoms with van der Waals surface area (Å²) in [6.07, 6.45) is 2.24. The van der Waals surface area contributed by atoms with Gasteiger partial charge in [-0.15, -0.1) is 0 Å². The fourth-order valence-corrected chi connectivity index (χ4v) is 1.78. The number of anilines is 1. The molecule has 17 heavy (non-hydrogen) atoms. The maximum Gasteiger partial charge on any atom is 0.223 e. The van der Waals surface area contributed by atoms with Crippen LogP contribution in [0.4, 0.5) is 10.3 Å².